The zero-order chi connectivity index (χ0) is 24.3. The number of benzene rings is 1. The minimum atomic E-state index is -0.547. The van der Waals surface area contributed by atoms with E-state index >= 15 is 0 Å². The third kappa shape index (κ3) is 3.57. The van der Waals surface area contributed by atoms with Gasteiger partial charge in [0, 0.05) is 6.04 Å². The third-order valence-corrected chi connectivity index (χ3v) is 7.27. The maximum absolute atomic E-state index is 13.7. The SMILES string of the molecule is COc1cccc2c1c1c(N)ncnc1n2CC(=O)N1[C@@H]2CC2C[C@H]1C(=O)Nc1cccc(Br)n1. The van der Waals surface area contributed by atoms with Gasteiger partial charge in [-0.15, -0.1) is 0 Å². The van der Waals surface area contributed by atoms with Gasteiger partial charge in [0.25, 0.3) is 0 Å². The number of hydrogen-bond donors (Lipinski definition) is 2. The molecule has 1 aliphatic heterocycles. The molecule has 3 N–H and O–H groups in total. The highest BCUT2D eigenvalue weighted by Gasteiger charge is 2.56. The van der Waals surface area contributed by atoms with Gasteiger partial charge in [-0.2, -0.15) is 0 Å². The summed E-state index contributed by atoms with van der Waals surface area (Å²) in [6.07, 6.45) is 2.95. The molecule has 1 unspecified atom stereocenters. The predicted molar refractivity (Wildman–Crippen MR) is 134 cm³/mol. The highest BCUT2D eigenvalue weighted by Crippen LogP contribution is 2.48. The number of hydrogen-bond acceptors (Lipinski definition) is 7. The summed E-state index contributed by atoms with van der Waals surface area (Å²) in [6, 6.07) is 10.4. The van der Waals surface area contributed by atoms with E-state index < -0.39 is 6.04 Å². The lowest BCUT2D eigenvalue weighted by Gasteiger charge is -2.27. The molecule has 2 aliphatic rings. The van der Waals surface area contributed by atoms with E-state index in [1.54, 1.807) is 30.2 Å². The van der Waals surface area contributed by atoms with Crippen LogP contribution < -0.4 is 15.8 Å². The summed E-state index contributed by atoms with van der Waals surface area (Å²) in [5.41, 5.74) is 7.53. The van der Waals surface area contributed by atoms with E-state index in [2.05, 4.69) is 36.2 Å². The maximum atomic E-state index is 13.7. The monoisotopic (exact) mass is 535 g/mol. The van der Waals surface area contributed by atoms with Crippen molar-refractivity contribution in [2.45, 2.75) is 31.5 Å². The van der Waals surface area contributed by atoms with Crippen molar-refractivity contribution in [1.82, 2.24) is 24.4 Å². The second kappa shape index (κ2) is 8.19. The molecular weight excluding hydrogens is 514 g/mol. The summed E-state index contributed by atoms with van der Waals surface area (Å²) >= 11 is 3.32. The molecule has 11 heteroatoms. The standard InChI is InChI=1S/C24H22BrN7O3/c1-35-16-5-2-4-13-20(16)21-22(26)27-11-28-23(21)31(13)10-19(33)32-14-8-12(14)9-15(32)24(34)30-18-7-3-6-17(25)29-18/h2-7,11-12,14-15H,8-10H2,1H3,(H2,26,27,28)(H,29,30,34)/t12?,14-,15+/m1/s1. The van der Waals surface area contributed by atoms with Gasteiger partial charge in [0.1, 0.15) is 46.5 Å². The summed E-state index contributed by atoms with van der Waals surface area (Å²) in [5, 5.41) is 4.26. The number of ether oxygens (including phenoxy) is 1. The number of piperidine rings is 1. The molecule has 35 heavy (non-hydrogen) atoms. The number of methoxy groups -OCH3 is 1. The fourth-order valence-corrected chi connectivity index (χ4v) is 5.57. The highest BCUT2D eigenvalue weighted by atomic mass is 79.9. The van der Waals surface area contributed by atoms with Crippen LogP contribution in [0.4, 0.5) is 11.6 Å². The Kier molecular flexibility index (Phi) is 5.10. The molecule has 1 saturated heterocycles. The Labute approximate surface area is 208 Å². The Hall–Kier alpha value is -3.73. The molecular formula is C24H22BrN7O3. The molecule has 4 aromatic rings. The molecule has 3 atom stereocenters. The largest absolute Gasteiger partial charge is 0.496 e. The minimum Gasteiger partial charge on any atom is -0.496 e. The van der Waals surface area contributed by atoms with Crippen molar-refractivity contribution in [3.63, 3.8) is 0 Å². The van der Waals surface area contributed by atoms with Gasteiger partial charge in [0.15, 0.2) is 0 Å². The summed E-state index contributed by atoms with van der Waals surface area (Å²) in [6.45, 7) is 0.0196. The average molecular weight is 536 g/mol. The van der Waals surface area contributed by atoms with Gasteiger partial charge in [-0.3, -0.25) is 9.59 Å². The molecule has 178 valence electrons. The van der Waals surface area contributed by atoms with Gasteiger partial charge in [-0.1, -0.05) is 12.1 Å². The summed E-state index contributed by atoms with van der Waals surface area (Å²) in [5.74, 6) is 1.36. The molecule has 6 rings (SSSR count). The number of fused-ring (bicyclic) bond motifs is 4. The van der Waals surface area contributed by atoms with E-state index in [0.29, 0.717) is 45.4 Å². The van der Waals surface area contributed by atoms with Crippen LogP contribution in [0.25, 0.3) is 21.9 Å². The zero-order valence-corrected chi connectivity index (χ0v) is 20.4. The van der Waals surface area contributed by atoms with Crippen LogP contribution in [0, 0.1) is 5.92 Å². The lowest BCUT2D eigenvalue weighted by atomic mass is 10.1. The first-order chi connectivity index (χ1) is 17.0. The van der Waals surface area contributed by atoms with Gasteiger partial charge < -0.3 is 25.3 Å². The Bertz CT molecular complexity index is 1500. The lowest BCUT2D eigenvalue weighted by molar-refractivity contribution is -0.138. The summed E-state index contributed by atoms with van der Waals surface area (Å²) in [7, 11) is 1.59. The number of nitrogens with one attached hydrogen (secondary N) is 1. The summed E-state index contributed by atoms with van der Waals surface area (Å²) in [4.78, 5) is 41.4. The molecule has 4 heterocycles. The van der Waals surface area contributed by atoms with Crippen molar-refractivity contribution in [1.29, 1.82) is 0 Å². The van der Waals surface area contributed by atoms with Crippen LogP contribution in [0.15, 0.2) is 47.3 Å². The van der Waals surface area contributed by atoms with Crippen LogP contribution in [0.5, 0.6) is 5.75 Å². The second-order valence-corrected chi connectivity index (χ2v) is 9.66. The molecule has 1 aliphatic carbocycles. The lowest BCUT2D eigenvalue weighted by Crippen LogP contribution is -2.46. The Morgan fingerprint density at radius 1 is 1.17 bits per heavy atom. The van der Waals surface area contributed by atoms with Crippen LogP contribution >= 0.6 is 15.9 Å². The number of aromatic nitrogens is 4. The average Bonchev–Trinajstić information content (AvgIpc) is 3.38. The number of amides is 2. The molecule has 0 radical (unpaired) electrons. The molecule has 0 bridgehead atoms. The van der Waals surface area contributed by atoms with Crippen LogP contribution in [-0.2, 0) is 16.1 Å². The summed E-state index contributed by atoms with van der Waals surface area (Å²) < 4.78 is 8.02. The Morgan fingerprint density at radius 3 is 2.80 bits per heavy atom. The van der Waals surface area contributed by atoms with E-state index in [1.807, 2.05) is 22.8 Å². The number of nitrogen functional groups attached to an aromatic ring is 1. The molecule has 0 spiro atoms. The third-order valence-electron chi connectivity index (χ3n) is 6.83. The first kappa shape index (κ1) is 21.8. The molecule has 2 fully saturated rings. The van der Waals surface area contributed by atoms with Gasteiger partial charge >= 0.3 is 0 Å². The smallest absolute Gasteiger partial charge is 0.248 e. The quantitative estimate of drug-likeness (QED) is 0.376. The van der Waals surface area contributed by atoms with Crippen LogP contribution in [0.1, 0.15) is 12.8 Å². The van der Waals surface area contributed by atoms with Crippen molar-refractivity contribution < 1.29 is 14.3 Å². The maximum Gasteiger partial charge on any atom is 0.248 e. The zero-order valence-electron chi connectivity index (χ0n) is 18.8. The topological polar surface area (TPSA) is 128 Å². The molecule has 1 aromatic carbocycles. The van der Waals surface area contributed by atoms with Gasteiger partial charge in [-0.05, 0) is 59.0 Å². The van der Waals surface area contributed by atoms with Gasteiger partial charge in [0.05, 0.1) is 23.4 Å². The Morgan fingerprint density at radius 2 is 2.00 bits per heavy atom. The fraction of sp³-hybridized carbons (Fsp3) is 0.292. The predicted octanol–water partition coefficient (Wildman–Crippen LogP) is 2.96. The van der Waals surface area contributed by atoms with Crippen molar-refractivity contribution in [2.75, 3.05) is 18.2 Å². The number of nitrogens with zero attached hydrogens (tertiary/aromatic N) is 5. The number of nitrogens with two attached hydrogens (primary N) is 1. The van der Waals surface area contributed by atoms with Crippen molar-refractivity contribution in [2.24, 2.45) is 5.92 Å². The first-order valence-electron chi connectivity index (χ1n) is 11.3. The molecule has 2 amide bonds. The second-order valence-electron chi connectivity index (χ2n) is 8.85. The van der Waals surface area contributed by atoms with Crippen LogP contribution in [0.3, 0.4) is 0 Å². The van der Waals surface area contributed by atoms with E-state index in [0.717, 1.165) is 17.3 Å². The number of carbonyl (C=O) groups excluding carboxylic acids is 2. The highest BCUT2D eigenvalue weighted by molar-refractivity contribution is 9.10. The Balaban J connectivity index is 1.34. The molecule has 3 aromatic heterocycles. The molecule has 1 saturated carbocycles. The van der Waals surface area contributed by atoms with E-state index in [-0.39, 0.29) is 24.4 Å². The van der Waals surface area contributed by atoms with Crippen molar-refractivity contribution in [3.05, 3.63) is 47.3 Å². The number of rotatable bonds is 5. The number of anilines is 2. The fourth-order valence-electron chi connectivity index (χ4n) is 5.23. The first-order valence-corrected chi connectivity index (χ1v) is 12.1. The number of halogens is 1. The van der Waals surface area contributed by atoms with Crippen LogP contribution in [-0.4, -0.2) is 55.4 Å². The van der Waals surface area contributed by atoms with Gasteiger partial charge in [-0.25, -0.2) is 15.0 Å². The normalized spacial score (nSPS) is 20.7. The van der Waals surface area contributed by atoms with Gasteiger partial charge in [0.2, 0.25) is 11.8 Å². The van der Waals surface area contributed by atoms with Crippen molar-refractivity contribution in [3.8, 4) is 5.75 Å². The van der Waals surface area contributed by atoms with Crippen LogP contribution in [0.2, 0.25) is 0 Å². The van der Waals surface area contributed by atoms with Crippen molar-refractivity contribution >= 4 is 61.3 Å². The number of pyridine rings is 1. The number of likely N-dealkylation sites (tertiary alicyclic amines) is 1. The van der Waals surface area contributed by atoms with E-state index in [9.17, 15) is 9.59 Å². The number of carbonyl (C=O) groups is 2. The van der Waals surface area contributed by atoms with E-state index in [4.69, 9.17) is 10.5 Å². The molecule has 10 nitrogen and oxygen atoms in total. The minimum absolute atomic E-state index is 0.0196. The van der Waals surface area contributed by atoms with E-state index in [1.165, 1.54) is 6.33 Å².